The minimum atomic E-state index is -0.0255. The first kappa shape index (κ1) is 19.1. The number of hydrogen-bond donors (Lipinski definition) is 0. The summed E-state index contributed by atoms with van der Waals surface area (Å²) in [6, 6.07) is 6.10. The molecule has 1 aliphatic carbocycles. The Bertz CT molecular complexity index is 604. The molecule has 1 aromatic rings. The Hall–Kier alpha value is -1.70. The highest BCUT2D eigenvalue weighted by atomic mass is 16.7. The summed E-state index contributed by atoms with van der Waals surface area (Å²) in [5.41, 5.74) is 1.16. The molecule has 2 fully saturated rings. The van der Waals surface area contributed by atoms with Crippen LogP contribution in [0.4, 0.5) is 0 Å². The van der Waals surface area contributed by atoms with Crippen molar-refractivity contribution in [1.29, 1.82) is 0 Å². The molecule has 1 atom stereocenters. The third-order valence-corrected chi connectivity index (χ3v) is 4.91. The van der Waals surface area contributed by atoms with Gasteiger partial charge in [0, 0.05) is 19.4 Å². The fourth-order valence-corrected chi connectivity index (χ4v) is 3.45. The van der Waals surface area contributed by atoms with Crippen molar-refractivity contribution in [1.82, 2.24) is 0 Å². The van der Waals surface area contributed by atoms with Gasteiger partial charge in [0.15, 0.2) is 17.8 Å². The first-order chi connectivity index (χ1) is 12.8. The van der Waals surface area contributed by atoms with Gasteiger partial charge in [-0.1, -0.05) is 12.0 Å². The second-order valence-electron chi connectivity index (χ2n) is 6.96. The topological polar surface area (TPSA) is 36.9 Å². The standard InChI is InChI=1S/C22H30O4/c1-23-20-14-13-18(17-21(20)26-19-10-4-5-11-19)9-3-2-7-15-24-22-12-6-8-16-25-22/h13-14,17,19,22H,4-12,15-16H2,1H3. The zero-order chi connectivity index (χ0) is 18.0. The van der Waals surface area contributed by atoms with Crippen molar-refractivity contribution in [3.8, 4) is 23.3 Å². The predicted octanol–water partition coefficient (Wildman–Crippen LogP) is 4.50. The van der Waals surface area contributed by atoms with E-state index in [1.54, 1.807) is 7.11 Å². The largest absolute Gasteiger partial charge is 0.493 e. The molecule has 142 valence electrons. The molecule has 0 amide bonds. The van der Waals surface area contributed by atoms with Crippen LogP contribution in [0.15, 0.2) is 18.2 Å². The van der Waals surface area contributed by atoms with E-state index < -0.39 is 0 Å². The van der Waals surface area contributed by atoms with Crippen LogP contribution in [0.1, 0.15) is 56.9 Å². The van der Waals surface area contributed by atoms with Crippen molar-refractivity contribution in [2.45, 2.75) is 70.2 Å². The first-order valence-corrected chi connectivity index (χ1v) is 9.87. The lowest BCUT2D eigenvalue weighted by atomic mass is 10.1. The van der Waals surface area contributed by atoms with Crippen molar-refractivity contribution in [2.24, 2.45) is 0 Å². The van der Waals surface area contributed by atoms with Gasteiger partial charge in [-0.05, 0) is 62.6 Å². The second-order valence-corrected chi connectivity index (χ2v) is 6.96. The maximum atomic E-state index is 6.14. The molecular weight excluding hydrogens is 328 g/mol. The van der Waals surface area contributed by atoms with E-state index in [0.29, 0.717) is 19.1 Å². The Morgan fingerprint density at radius 3 is 2.65 bits per heavy atom. The maximum absolute atomic E-state index is 6.14. The molecule has 4 nitrogen and oxygen atoms in total. The molecule has 26 heavy (non-hydrogen) atoms. The molecule has 2 aliphatic rings. The summed E-state index contributed by atoms with van der Waals surface area (Å²) in [4.78, 5) is 0. The number of benzene rings is 1. The number of hydrogen-bond acceptors (Lipinski definition) is 4. The van der Waals surface area contributed by atoms with Crippen molar-refractivity contribution in [3.63, 3.8) is 0 Å². The molecule has 0 spiro atoms. The van der Waals surface area contributed by atoms with Crippen LogP contribution in [0.3, 0.4) is 0 Å². The number of rotatable bonds is 7. The van der Waals surface area contributed by atoms with Gasteiger partial charge in [-0.2, -0.15) is 0 Å². The Labute approximate surface area is 157 Å². The molecule has 1 saturated heterocycles. The molecule has 1 unspecified atom stereocenters. The summed E-state index contributed by atoms with van der Waals surface area (Å²) in [6.45, 7) is 1.45. The van der Waals surface area contributed by atoms with Crippen LogP contribution in [-0.2, 0) is 15.9 Å². The van der Waals surface area contributed by atoms with E-state index in [9.17, 15) is 0 Å². The van der Waals surface area contributed by atoms with Crippen LogP contribution in [0.2, 0.25) is 0 Å². The number of ether oxygens (including phenoxy) is 4. The lowest BCUT2D eigenvalue weighted by Crippen LogP contribution is -2.22. The van der Waals surface area contributed by atoms with Crippen molar-refractivity contribution >= 4 is 0 Å². The Morgan fingerprint density at radius 2 is 1.88 bits per heavy atom. The van der Waals surface area contributed by atoms with Crippen molar-refractivity contribution in [3.05, 3.63) is 23.8 Å². The third kappa shape index (κ3) is 5.93. The van der Waals surface area contributed by atoms with Crippen LogP contribution >= 0.6 is 0 Å². The van der Waals surface area contributed by atoms with Gasteiger partial charge >= 0.3 is 0 Å². The van der Waals surface area contributed by atoms with Gasteiger partial charge in [0.05, 0.1) is 19.8 Å². The summed E-state index contributed by atoms with van der Waals surface area (Å²) in [6.07, 6.45) is 9.88. The van der Waals surface area contributed by atoms with E-state index in [1.165, 1.54) is 19.3 Å². The van der Waals surface area contributed by atoms with E-state index in [0.717, 1.165) is 55.8 Å². The third-order valence-electron chi connectivity index (χ3n) is 4.91. The van der Waals surface area contributed by atoms with Gasteiger partial charge in [0.2, 0.25) is 0 Å². The fourth-order valence-electron chi connectivity index (χ4n) is 3.45. The molecule has 1 heterocycles. The smallest absolute Gasteiger partial charge is 0.161 e. The van der Waals surface area contributed by atoms with Crippen molar-refractivity contribution < 1.29 is 18.9 Å². The summed E-state index contributed by atoms with van der Waals surface area (Å²) < 4.78 is 22.8. The quantitative estimate of drug-likeness (QED) is 0.531. The van der Waals surface area contributed by atoms with Gasteiger partial charge in [-0.25, -0.2) is 0 Å². The fraction of sp³-hybridized carbons (Fsp3) is 0.636. The molecule has 1 aromatic carbocycles. The molecule has 3 rings (SSSR count). The Morgan fingerprint density at radius 1 is 1.04 bits per heavy atom. The molecule has 0 radical (unpaired) electrons. The summed E-state index contributed by atoms with van der Waals surface area (Å²) in [5.74, 6) is 8.07. The number of methoxy groups -OCH3 is 1. The summed E-state index contributed by atoms with van der Waals surface area (Å²) >= 11 is 0. The van der Waals surface area contributed by atoms with E-state index in [2.05, 4.69) is 24.0 Å². The lowest BCUT2D eigenvalue weighted by molar-refractivity contribution is -0.161. The van der Waals surface area contributed by atoms with Gasteiger partial charge < -0.3 is 18.9 Å². The first-order valence-electron chi connectivity index (χ1n) is 9.87. The van der Waals surface area contributed by atoms with Crippen LogP contribution < -0.4 is 9.47 Å². The molecule has 4 heteroatoms. The minimum Gasteiger partial charge on any atom is -0.493 e. The second kappa shape index (κ2) is 10.4. The van der Waals surface area contributed by atoms with E-state index >= 15 is 0 Å². The minimum absolute atomic E-state index is 0.0255. The summed E-state index contributed by atoms with van der Waals surface area (Å²) in [5, 5.41) is 0. The van der Waals surface area contributed by atoms with Crippen molar-refractivity contribution in [2.75, 3.05) is 20.3 Å². The molecule has 0 bridgehead atoms. The average molecular weight is 358 g/mol. The van der Waals surface area contributed by atoms with Gasteiger partial charge in [-0.15, -0.1) is 5.92 Å². The highest BCUT2D eigenvalue weighted by molar-refractivity contribution is 5.44. The van der Waals surface area contributed by atoms with E-state index in [1.807, 2.05) is 6.07 Å². The van der Waals surface area contributed by atoms with Crippen LogP contribution in [-0.4, -0.2) is 32.7 Å². The van der Waals surface area contributed by atoms with Gasteiger partial charge in [-0.3, -0.25) is 0 Å². The maximum Gasteiger partial charge on any atom is 0.161 e. The predicted molar refractivity (Wildman–Crippen MR) is 102 cm³/mol. The highest BCUT2D eigenvalue weighted by Gasteiger charge is 2.18. The van der Waals surface area contributed by atoms with Crippen LogP contribution in [0.5, 0.6) is 11.5 Å². The summed E-state index contributed by atoms with van der Waals surface area (Å²) in [7, 11) is 1.69. The van der Waals surface area contributed by atoms with E-state index in [4.69, 9.17) is 18.9 Å². The van der Waals surface area contributed by atoms with Crippen LogP contribution in [0, 0.1) is 11.8 Å². The zero-order valence-electron chi connectivity index (χ0n) is 15.8. The van der Waals surface area contributed by atoms with Gasteiger partial charge in [0.25, 0.3) is 0 Å². The zero-order valence-corrected chi connectivity index (χ0v) is 15.8. The Kier molecular flexibility index (Phi) is 7.66. The Balaban J connectivity index is 1.45. The lowest BCUT2D eigenvalue weighted by Gasteiger charge is -2.22. The molecule has 0 N–H and O–H groups in total. The van der Waals surface area contributed by atoms with Crippen LogP contribution in [0.25, 0.3) is 0 Å². The highest BCUT2D eigenvalue weighted by Crippen LogP contribution is 2.32. The molecular formula is C22H30O4. The SMILES string of the molecule is COc1ccc(CC#CCCOC2CCCCO2)cc1OC1CCCC1. The average Bonchev–Trinajstić information content (AvgIpc) is 3.19. The molecule has 1 saturated carbocycles. The molecule has 1 aliphatic heterocycles. The monoisotopic (exact) mass is 358 g/mol. The molecule has 0 aromatic heterocycles. The van der Waals surface area contributed by atoms with Gasteiger partial charge in [0.1, 0.15) is 0 Å². The van der Waals surface area contributed by atoms with E-state index in [-0.39, 0.29) is 6.29 Å². The normalized spacial score (nSPS) is 20.4.